The van der Waals surface area contributed by atoms with Crippen molar-refractivity contribution in [1.82, 2.24) is 4.72 Å². The highest BCUT2D eigenvalue weighted by Crippen LogP contribution is 2.19. The van der Waals surface area contributed by atoms with Crippen LogP contribution in [-0.4, -0.2) is 27.0 Å². The van der Waals surface area contributed by atoms with Crippen LogP contribution in [0, 0.1) is 0 Å². The molecule has 0 atom stereocenters. The Balaban J connectivity index is 2.45. The maximum atomic E-state index is 11.1. The molecule has 1 aromatic carbocycles. The number of hydrogen-bond donors (Lipinski definition) is 2. The molecule has 3 N–H and O–H groups in total. The Morgan fingerprint density at radius 2 is 2.20 bits per heavy atom. The summed E-state index contributed by atoms with van der Waals surface area (Å²) < 4.78 is 24.5. The van der Waals surface area contributed by atoms with Gasteiger partial charge in [0.15, 0.2) is 0 Å². The molecular weight excluding hydrogens is 232 g/mol. The molecule has 0 aromatic heterocycles. The Labute approximate surface area is 94.3 Å². The van der Waals surface area contributed by atoms with Crippen LogP contribution in [0.3, 0.4) is 0 Å². The molecule has 0 heterocycles. The molecule has 0 aliphatic heterocycles. The smallest absolute Gasteiger partial charge is 0.212 e. The van der Waals surface area contributed by atoms with Gasteiger partial charge >= 0.3 is 0 Å². The predicted molar refractivity (Wildman–Crippen MR) is 64.4 cm³/mol. The molecule has 6 heteroatoms. The van der Waals surface area contributed by atoms with Gasteiger partial charge in [-0.2, -0.15) is 0 Å². The highest BCUT2D eigenvalue weighted by molar-refractivity contribution is 8.00. The van der Waals surface area contributed by atoms with Crippen molar-refractivity contribution in [2.75, 3.05) is 24.3 Å². The van der Waals surface area contributed by atoms with Gasteiger partial charge in [-0.3, -0.25) is 0 Å². The van der Waals surface area contributed by atoms with Gasteiger partial charge in [-0.05, 0) is 25.2 Å². The Hall–Kier alpha value is -0.720. The van der Waals surface area contributed by atoms with E-state index in [4.69, 9.17) is 5.73 Å². The molecule has 0 aliphatic rings. The van der Waals surface area contributed by atoms with Gasteiger partial charge in [0.05, 0.1) is 5.75 Å². The number of anilines is 1. The Kier molecular flexibility index (Phi) is 4.44. The number of hydrogen-bond acceptors (Lipinski definition) is 4. The maximum absolute atomic E-state index is 11.1. The highest BCUT2D eigenvalue weighted by Gasteiger charge is 2.06. The minimum Gasteiger partial charge on any atom is -0.399 e. The average Bonchev–Trinajstić information content (AvgIpc) is 2.18. The number of nitrogen functional groups attached to an aromatic ring is 1. The van der Waals surface area contributed by atoms with Crippen LogP contribution < -0.4 is 10.5 Å². The first-order valence-electron chi connectivity index (χ1n) is 4.43. The van der Waals surface area contributed by atoms with Gasteiger partial charge in [0.1, 0.15) is 0 Å². The number of benzene rings is 1. The molecule has 0 spiro atoms. The number of thioether (sulfide) groups is 1. The lowest BCUT2D eigenvalue weighted by molar-refractivity contribution is 0.590. The molecule has 0 aliphatic carbocycles. The molecular formula is C9H14N2O2S2. The summed E-state index contributed by atoms with van der Waals surface area (Å²) in [5.74, 6) is 0.635. The van der Waals surface area contributed by atoms with Crippen molar-refractivity contribution in [3.8, 4) is 0 Å². The normalized spacial score (nSPS) is 11.5. The van der Waals surface area contributed by atoms with Crippen LogP contribution in [0.5, 0.6) is 0 Å². The van der Waals surface area contributed by atoms with Crippen molar-refractivity contribution in [3.63, 3.8) is 0 Å². The standard InChI is InChI=1S/C9H14N2O2S2/c1-11-15(12,13)6-5-14-9-4-2-3-8(10)7-9/h2-4,7,11H,5-6,10H2,1H3. The van der Waals surface area contributed by atoms with Gasteiger partial charge in [-0.15, -0.1) is 11.8 Å². The monoisotopic (exact) mass is 246 g/mol. The lowest BCUT2D eigenvalue weighted by Crippen LogP contribution is -2.23. The second-order valence-electron chi connectivity index (χ2n) is 2.94. The predicted octanol–water partition coefficient (Wildman–Crippen LogP) is 0.910. The van der Waals surface area contributed by atoms with E-state index < -0.39 is 10.0 Å². The highest BCUT2D eigenvalue weighted by atomic mass is 32.2. The Bertz CT molecular complexity index is 418. The molecule has 0 bridgehead atoms. The zero-order valence-electron chi connectivity index (χ0n) is 8.43. The van der Waals surface area contributed by atoms with Crippen molar-refractivity contribution in [2.24, 2.45) is 0 Å². The average molecular weight is 246 g/mol. The number of nitrogens with one attached hydrogen (secondary N) is 1. The molecule has 0 amide bonds. The van der Waals surface area contributed by atoms with Gasteiger partial charge in [0.25, 0.3) is 0 Å². The summed E-state index contributed by atoms with van der Waals surface area (Å²) in [5.41, 5.74) is 6.29. The van der Waals surface area contributed by atoms with Crippen LogP contribution >= 0.6 is 11.8 Å². The van der Waals surface area contributed by atoms with Gasteiger partial charge < -0.3 is 5.73 Å². The zero-order valence-corrected chi connectivity index (χ0v) is 10.1. The van der Waals surface area contributed by atoms with E-state index in [-0.39, 0.29) is 5.75 Å². The fourth-order valence-electron chi connectivity index (χ4n) is 0.976. The molecule has 4 nitrogen and oxygen atoms in total. The van der Waals surface area contributed by atoms with Crippen molar-refractivity contribution in [2.45, 2.75) is 4.90 Å². The van der Waals surface area contributed by atoms with E-state index in [0.29, 0.717) is 11.4 Å². The topological polar surface area (TPSA) is 72.2 Å². The molecule has 0 unspecified atom stereocenters. The molecule has 0 fully saturated rings. The van der Waals surface area contributed by atoms with E-state index in [1.165, 1.54) is 18.8 Å². The molecule has 0 radical (unpaired) electrons. The van der Waals surface area contributed by atoms with Crippen LogP contribution in [0.1, 0.15) is 0 Å². The second kappa shape index (κ2) is 5.39. The summed E-state index contributed by atoms with van der Waals surface area (Å²) in [6, 6.07) is 7.39. The third-order valence-electron chi connectivity index (χ3n) is 1.79. The molecule has 0 saturated carbocycles. The largest absolute Gasteiger partial charge is 0.399 e. The Morgan fingerprint density at radius 1 is 1.47 bits per heavy atom. The maximum Gasteiger partial charge on any atom is 0.212 e. The van der Waals surface area contributed by atoms with Gasteiger partial charge in [0, 0.05) is 16.3 Å². The van der Waals surface area contributed by atoms with Crippen LogP contribution in [0.25, 0.3) is 0 Å². The lowest BCUT2D eigenvalue weighted by atomic mass is 10.3. The third-order valence-corrected chi connectivity index (χ3v) is 4.41. The van der Waals surface area contributed by atoms with Gasteiger partial charge in [-0.25, -0.2) is 13.1 Å². The van der Waals surface area contributed by atoms with Crippen molar-refractivity contribution < 1.29 is 8.42 Å². The summed E-state index contributed by atoms with van der Waals surface area (Å²) in [6.45, 7) is 0. The molecule has 15 heavy (non-hydrogen) atoms. The quantitative estimate of drug-likeness (QED) is 0.598. The summed E-state index contributed by atoms with van der Waals surface area (Å²) in [5, 5.41) is 0. The molecule has 1 aromatic rings. The fraction of sp³-hybridized carbons (Fsp3) is 0.333. The summed E-state index contributed by atoms with van der Waals surface area (Å²) in [4.78, 5) is 0.987. The van der Waals surface area contributed by atoms with Crippen molar-refractivity contribution in [1.29, 1.82) is 0 Å². The summed E-state index contributed by atoms with van der Waals surface area (Å²) in [6.07, 6.45) is 0. The molecule has 84 valence electrons. The van der Waals surface area contributed by atoms with E-state index in [0.717, 1.165) is 4.90 Å². The minimum atomic E-state index is -3.10. The summed E-state index contributed by atoms with van der Waals surface area (Å²) >= 11 is 1.48. The SMILES string of the molecule is CNS(=O)(=O)CCSc1cccc(N)c1. The number of rotatable bonds is 5. The van der Waals surface area contributed by atoms with Gasteiger partial charge in [0.2, 0.25) is 10.0 Å². The molecule has 0 saturated heterocycles. The van der Waals surface area contributed by atoms with E-state index in [9.17, 15) is 8.42 Å². The van der Waals surface area contributed by atoms with E-state index in [1.807, 2.05) is 18.2 Å². The van der Waals surface area contributed by atoms with Gasteiger partial charge in [-0.1, -0.05) is 6.07 Å². The first-order chi connectivity index (χ1) is 7.03. The van der Waals surface area contributed by atoms with Crippen LogP contribution in [0.15, 0.2) is 29.2 Å². The van der Waals surface area contributed by atoms with E-state index >= 15 is 0 Å². The molecule has 1 rings (SSSR count). The van der Waals surface area contributed by atoms with E-state index in [2.05, 4.69) is 4.72 Å². The second-order valence-corrected chi connectivity index (χ2v) is 6.16. The van der Waals surface area contributed by atoms with Crippen LogP contribution in [-0.2, 0) is 10.0 Å². The van der Waals surface area contributed by atoms with Crippen molar-refractivity contribution >= 4 is 27.5 Å². The minimum absolute atomic E-state index is 0.114. The zero-order chi connectivity index (χ0) is 11.3. The first kappa shape index (κ1) is 12.4. The lowest BCUT2D eigenvalue weighted by Gasteiger charge is -2.03. The number of nitrogens with two attached hydrogens (primary N) is 1. The fourth-order valence-corrected chi connectivity index (χ4v) is 3.02. The summed E-state index contributed by atoms with van der Waals surface area (Å²) in [7, 11) is -1.68. The van der Waals surface area contributed by atoms with Crippen LogP contribution in [0.2, 0.25) is 0 Å². The Morgan fingerprint density at radius 3 is 2.80 bits per heavy atom. The third kappa shape index (κ3) is 4.55. The van der Waals surface area contributed by atoms with Crippen LogP contribution in [0.4, 0.5) is 5.69 Å². The van der Waals surface area contributed by atoms with Crippen molar-refractivity contribution in [3.05, 3.63) is 24.3 Å². The number of sulfonamides is 1. The van der Waals surface area contributed by atoms with E-state index in [1.54, 1.807) is 6.07 Å². The first-order valence-corrected chi connectivity index (χ1v) is 7.07.